The highest BCUT2D eigenvalue weighted by Gasteiger charge is 2.45. The van der Waals surface area contributed by atoms with E-state index in [2.05, 4.69) is 11.0 Å². The number of amides is 2. The maximum absolute atomic E-state index is 14.8. The lowest BCUT2D eigenvalue weighted by Gasteiger charge is -2.39. The normalized spacial score (nSPS) is 19.0. The van der Waals surface area contributed by atoms with Crippen molar-refractivity contribution in [2.45, 2.75) is 38.3 Å². The molecule has 2 atom stereocenters. The SMILES string of the molecule is CCOc1ccc(C(C)(C)C#N)cc1C1=N[C@@H](c2ccc(Cl)cc2)[C@@H](c2ccc(Cl)cc2)N1C(=O)N1CCN(CCS(C)(=O)=O)CC1. The topological polar surface area (TPSA) is 106 Å². The number of hydrogen-bond acceptors (Lipinski definition) is 7. The molecule has 1 fully saturated rings. The Labute approximate surface area is 287 Å². The van der Waals surface area contributed by atoms with Gasteiger partial charge in [-0.3, -0.25) is 14.8 Å². The largest absolute Gasteiger partial charge is 0.493 e. The number of halogens is 2. The van der Waals surface area contributed by atoms with Gasteiger partial charge in [-0.05, 0) is 73.9 Å². The molecule has 0 aliphatic carbocycles. The number of carbonyl (C=O) groups excluding carboxylic acids is 1. The molecule has 0 N–H and O–H groups in total. The molecule has 3 aromatic carbocycles. The molecule has 2 aliphatic rings. The highest BCUT2D eigenvalue weighted by atomic mass is 35.5. The Morgan fingerprint density at radius 3 is 2.13 bits per heavy atom. The van der Waals surface area contributed by atoms with Crippen molar-refractivity contribution in [3.63, 3.8) is 0 Å². The van der Waals surface area contributed by atoms with E-state index in [1.807, 2.05) is 75.4 Å². The highest BCUT2D eigenvalue weighted by Crippen LogP contribution is 2.46. The molecule has 0 bridgehead atoms. The minimum Gasteiger partial charge on any atom is -0.493 e. The van der Waals surface area contributed by atoms with Gasteiger partial charge in [0, 0.05) is 49.0 Å². The molecule has 2 heterocycles. The second-order valence-electron chi connectivity index (χ2n) is 12.4. The standard InChI is InChI=1S/C35H39Cl2N5O4S/c1-5-46-30-15-10-26(35(2,3)23-38)22-29(30)33-39-31(24-6-11-27(36)12-7-24)32(25-8-13-28(37)14-9-25)42(33)34(43)41-18-16-40(17-19-41)20-21-47(4,44)45/h6-15,22,31-32H,5,16-21H2,1-4H3/t31-,32+/m0/s1. The summed E-state index contributed by atoms with van der Waals surface area (Å²) in [7, 11) is -3.10. The molecule has 9 nitrogen and oxygen atoms in total. The molecular weight excluding hydrogens is 657 g/mol. The Hall–Kier alpha value is -3.62. The van der Waals surface area contributed by atoms with Crippen molar-refractivity contribution < 1.29 is 17.9 Å². The Bertz CT molecular complexity index is 1780. The van der Waals surface area contributed by atoms with Gasteiger partial charge < -0.3 is 9.64 Å². The van der Waals surface area contributed by atoms with Crippen LogP contribution >= 0.6 is 23.2 Å². The molecule has 2 aliphatic heterocycles. The lowest BCUT2D eigenvalue weighted by atomic mass is 9.85. The van der Waals surface area contributed by atoms with Gasteiger partial charge in [-0.2, -0.15) is 5.26 Å². The van der Waals surface area contributed by atoms with E-state index in [1.54, 1.807) is 21.9 Å². The molecule has 0 spiro atoms. The lowest BCUT2D eigenvalue weighted by Crippen LogP contribution is -2.54. The Morgan fingerprint density at radius 1 is 0.979 bits per heavy atom. The number of nitriles is 1. The summed E-state index contributed by atoms with van der Waals surface area (Å²) in [5, 5.41) is 11.1. The third-order valence-corrected chi connectivity index (χ3v) is 10.1. The van der Waals surface area contributed by atoms with Crippen LogP contribution in [0.5, 0.6) is 5.75 Å². The number of rotatable bonds is 9. The van der Waals surface area contributed by atoms with E-state index >= 15 is 0 Å². The number of piperazine rings is 1. The van der Waals surface area contributed by atoms with E-state index < -0.39 is 27.3 Å². The molecule has 12 heteroatoms. The number of nitrogens with zero attached hydrogens (tertiary/aromatic N) is 5. The first-order chi connectivity index (χ1) is 22.3. The smallest absolute Gasteiger partial charge is 0.326 e. The number of amidine groups is 1. The predicted octanol–water partition coefficient (Wildman–Crippen LogP) is 6.52. The van der Waals surface area contributed by atoms with Gasteiger partial charge in [-0.15, -0.1) is 0 Å². The van der Waals surface area contributed by atoms with Crippen LogP contribution in [-0.2, 0) is 15.3 Å². The molecule has 0 saturated carbocycles. The van der Waals surface area contributed by atoms with E-state index in [0.29, 0.717) is 66.5 Å². The molecule has 5 rings (SSSR count). The zero-order valence-electron chi connectivity index (χ0n) is 27.0. The molecule has 0 unspecified atom stereocenters. The van der Waals surface area contributed by atoms with Gasteiger partial charge in [0.1, 0.15) is 27.5 Å². The van der Waals surface area contributed by atoms with Crippen molar-refractivity contribution in [1.82, 2.24) is 14.7 Å². The Kier molecular flexibility index (Phi) is 10.5. The number of urea groups is 1. The second kappa shape index (κ2) is 14.2. The number of ether oxygens (including phenoxy) is 1. The zero-order valence-corrected chi connectivity index (χ0v) is 29.3. The van der Waals surface area contributed by atoms with Crippen LogP contribution in [0.25, 0.3) is 0 Å². The van der Waals surface area contributed by atoms with Crippen LogP contribution in [0.4, 0.5) is 4.79 Å². The van der Waals surface area contributed by atoms with Crippen molar-refractivity contribution in [1.29, 1.82) is 5.26 Å². The second-order valence-corrected chi connectivity index (χ2v) is 15.6. The Morgan fingerprint density at radius 2 is 1.57 bits per heavy atom. The van der Waals surface area contributed by atoms with E-state index in [1.165, 1.54) is 6.26 Å². The molecule has 248 valence electrons. The van der Waals surface area contributed by atoms with E-state index in [9.17, 15) is 18.5 Å². The fourth-order valence-electron chi connectivity index (χ4n) is 5.90. The summed E-state index contributed by atoms with van der Waals surface area (Å²) < 4.78 is 29.6. The monoisotopic (exact) mass is 695 g/mol. The van der Waals surface area contributed by atoms with E-state index in [0.717, 1.165) is 16.7 Å². The van der Waals surface area contributed by atoms with Gasteiger partial charge in [0.15, 0.2) is 0 Å². The fourth-order valence-corrected chi connectivity index (χ4v) is 6.75. The number of carbonyl (C=O) groups is 1. The van der Waals surface area contributed by atoms with Crippen LogP contribution < -0.4 is 4.74 Å². The summed E-state index contributed by atoms with van der Waals surface area (Å²) >= 11 is 12.6. The summed E-state index contributed by atoms with van der Waals surface area (Å²) in [5.74, 6) is 1.06. The van der Waals surface area contributed by atoms with Gasteiger partial charge >= 0.3 is 6.03 Å². The highest BCUT2D eigenvalue weighted by molar-refractivity contribution is 7.90. The number of sulfone groups is 1. The van der Waals surface area contributed by atoms with Crippen molar-refractivity contribution in [3.05, 3.63) is 99.0 Å². The zero-order chi connectivity index (χ0) is 33.9. The third kappa shape index (κ3) is 7.92. The average molecular weight is 697 g/mol. The molecule has 0 radical (unpaired) electrons. The van der Waals surface area contributed by atoms with Crippen molar-refractivity contribution >= 4 is 44.9 Å². The van der Waals surface area contributed by atoms with Crippen LogP contribution in [0.2, 0.25) is 10.0 Å². The maximum atomic E-state index is 14.8. The number of benzene rings is 3. The third-order valence-electron chi connectivity index (χ3n) is 8.64. The average Bonchev–Trinajstić information content (AvgIpc) is 3.44. The van der Waals surface area contributed by atoms with Crippen molar-refractivity contribution in [2.75, 3.05) is 51.3 Å². The van der Waals surface area contributed by atoms with Crippen LogP contribution in [-0.4, -0.2) is 86.3 Å². The summed E-state index contributed by atoms with van der Waals surface area (Å²) in [6, 6.07) is 21.6. The van der Waals surface area contributed by atoms with Crippen LogP contribution in [0.3, 0.4) is 0 Å². The first-order valence-electron chi connectivity index (χ1n) is 15.6. The van der Waals surface area contributed by atoms with Gasteiger partial charge in [-0.25, -0.2) is 13.2 Å². The van der Waals surface area contributed by atoms with Gasteiger partial charge in [0.25, 0.3) is 0 Å². The molecule has 47 heavy (non-hydrogen) atoms. The molecule has 1 saturated heterocycles. The van der Waals surface area contributed by atoms with E-state index in [4.69, 9.17) is 32.9 Å². The predicted molar refractivity (Wildman–Crippen MR) is 186 cm³/mol. The molecule has 2 amide bonds. The van der Waals surface area contributed by atoms with Crippen LogP contribution in [0.1, 0.15) is 55.1 Å². The summed E-state index contributed by atoms with van der Waals surface area (Å²) in [6.45, 7) is 8.34. The van der Waals surface area contributed by atoms with Gasteiger partial charge in [0.05, 0.1) is 35.4 Å². The van der Waals surface area contributed by atoms with Crippen molar-refractivity contribution in [2.24, 2.45) is 4.99 Å². The van der Waals surface area contributed by atoms with Crippen LogP contribution in [0, 0.1) is 11.3 Å². The Balaban J connectivity index is 1.63. The first kappa shape index (κ1) is 34.7. The summed E-state index contributed by atoms with van der Waals surface area (Å²) in [6.07, 6.45) is 1.23. The van der Waals surface area contributed by atoms with Gasteiger partial charge in [0.2, 0.25) is 0 Å². The molecule has 3 aromatic rings. The van der Waals surface area contributed by atoms with E-state index in [-0.39, 0.29) is 11.8 Å². The fraction of sp³-hybridized carbons (Fsp3) is 0.400. The number of hydrogen-bond donors (Lipinski definition) is 0. The summed E-state index contributed by atoms with van der Waals surface area (Å²) in [4.78, 5) is 25.7. The molecule has 0 aromatic heterocycles. The number of aliphatic imine (C=N–C) groups is 1. The lowest BCUT2D eigenvalue weighted by molar-refractivity contribution is 0.122. The minimum atomic E-state index is -3.10. The molecular formula is C35H39Cl2N5O4S. The summed E-state index contributed by atoms with van der Waals surface area (Å²) in [5.41, 5.74) is 2.30. The van der Waals surface area contributed by atoms with Crippen LogP contribution in [0.15, 0.2) is 71.7 Å². The maximum Gasteiger partial charge on any atom is 0.326 e. The minimum absolute atomic E-state index is 0.0703. The van der Waals surface area contributed by atoms with Crippen molar-refractivity contribution in [3.8, 4) is 11.8 Å². The first-order valence-corrected chi connectivity index (χ1v) is 18.4. The van der Waals surface area contributed by atoms with Gasteiger partial charge in [-0.1, -0.05) is 53.5 Å². The quantitative estimate of drug-likeness (QED) is 0.252.